The van der Waals surface area contributed by atoms with Crippen molar-refractivity contribution < 1.29 is 9.50 Å². The summed E-state index contributed by atoms with van der Waals surface area (Å²) < 4.78 is 15.1. The number of halogens is 1. The molecule has 2 aromatic rings. The molecule has 1 aromatic heterocycles. The molecule has 2 rings (SSSR count). The maximum Gasteiger partial charge on any atom is 0.123 e. The number of hydrogen-bond donors (Lipinski definition) is 1. The van der Waals surface area contributed by atoms with E-state index in [0.717, 1.165) is 22.4 Å². The van der Waals surface area contributed by atoms with Crippen molar-refractivity contribution in [2.24, 2.45) is 0 Å². The molecule has 0 bridgehead atoms. The van der Waals surface area contributed by atoms with Gasteiger partial charge < -0.3 is 9.67 Å². The summed E-state index contributed by atoms with van der Waals surface area (Å²) in [6.07, 6.45) is 2.03. The lowest BCUT2D eigenvalue weighted by atomic mass is 10.0. The summed E-state index contributed by atoms with van der Waals surface area (Å²) in [5, 5.41) is 9.52. The minimum absolute atomic E-state index is 0.00172. The Kier molecular flexibility index (Phi) is 3.53. The van der Waals surface area contributed by atoms with E-state index in [0.29, 0.717) is 6.04 Å². The van der Waals surface area contributed by atoms with Crippen LogP contribution in [0.4, 0.5) is 4.39 Å². The first-order valence-corrected chi connectivity index (χ1v) is 6.11. The van der Waals surface area contributed by atoms with Crippen LogP contribution >= 0.6 is 0 Å². The van der Waals surface area contributed by atoms with Gasteiger partial charge >= 0.3 is 0 Å². The van der Waals surface area contributed by atoms with Gasteiger partial charge in [-0.2, -0.15) is 0 Å². The molecule has 96 valence electrons. The molecule has 18 heavy (non-hydrogen) atoms. The van der Waals surface area contributed by atoms with Crippen molar-refractivity contribution in [1.82, 2.24) is 4.57 Å². The molecule has 0 aliphatic carbocycles. The van der Waals surface area contributed by atoms with Gasteiger partial charge in [0.15, 0.2) is 0 Å². The minimum atomic E-state index is -0.246. The minimum Gasteiger partial charge on any atom is -0.392 e. The molecule has 0 saturated heterocycles. The second kappa shape index (κ2) is 4.94. The topological polar surface area (TPSA) is 25.2 Å². The first-order valence-electron chi connectivity index (χ1n) is 6.11. The molecule has 0 aliphatic heterocycles. The molecule has 0 fully saturated rings. The number of benzene rings is 1. The zero-order chi connectivity index (χ0) is 13.3. The Balaban J connectivity index is 2.56. The molecule has 0 atom stereocenters. The molecule has 0 aliphatic rings. The monoisotopic (exact) mass is 247 g/mol. The standard InChI is InChI=1S/C15H18FNO/c1-10(2)17-8-14(15(9-18)11(17)3)12-4-6-13(16)7-5-12/h4-8,10,18H,9H2,1-3H3. The zero-order valence-electron chi connectivity index (χ0n) is 10.9. The van der Waals surface area contributed by atoms with E-state index in [1.807, 2.05) is 13.1 Å². The van der Waals surface area contributed by atoms with Gasteiger partial charge in [0, 0.05) is 29.1 Å². The van der Waals surface area contributed by atoms with E-state index in [2.05, 4.69) is 18.4 Å². The average molecular weight is 247 g/mol. The number of aromatic nitrogens is 1. The van der Waals surface area contributed by atoms with E-state index < -0.39 is 0 Å². The zero-order valence-corrected chi connectivity index (χ0v) is 10.9. The van der Waals surface area contributed by atoms with E-state index >= 15 is 0 Å². The molecule has 0 saturated carbocycles. The van der Waals surface area contributed by atoms with Crippen LogP contribution in [0.2, 0.25) is 0 Å². The number of nitrogens with zero attached hydrogens (tertiary/aromatic N) is 1. The Morgan fingerprint density at radius 2 is 1.83 bits per heavy atom. The summed E-state index contributed by atoms with van der Waals surface area (Å²) in [6, 6.07) is 6.71. The van der Waals surface area contributed by atoms with Crippen LogP contribution in [-0.4, -0.2) is 9.67 Å². The van der Waals surface area contributed by atoms with Gasteiger partial charge in [0.05, 0.1) is 6.61 Å². The van der Waals surface area contributed by atoms with Gasteiger partial charge in [-0.05, 0) is 38.5 Å². The van der Waals surface area contributed by atoms with Crippen molar-refractivity contribution in [2.75, 3.05) is 0 Å². The van der Waals surface area contributed by atoms with Crippen LogP contribution in [0, 0.1) is 12.7 Å². The molecular weight excluding hydrogens is 229 g/mol. The summed E-state index contributed by atoms with van der Waals surface area (Å²) in [4.78, 5) is 0. The first-order chi connectivity index (χ1) is 8.54. The largest absolute Gasteiger partial charge is 0.392 e. The highest BCUT2D eigenvalue weighted by Crippen LogP contribution is 2.30. The number of aliphatic hydroxyl groups excluding tert-OH is 1. The molecule has 1 heterocycles. The van der Waals surface area contributed by atoms with Gasteiger partial charge in [-0.3, -0.25) is 0 Å². The highest BCUT2D eigenvalue weighted by molar-refractivity contribution is 5.68. The summed E-state index contributed by atoms with van der Waals surface area (Å²) in [6.45, 7) is 6.20. The fourth-order valence-corrected chi connectivity index (χ4v) is 2.28. The summed E-state index contributed by atoms with van der Waals surface area (Å²) in [5.41, 5.74) is 3.88. The molecule has 0 unspecified atom stereocenters. The third-order valence-corrected chi connectivity index (χ3v) is 3.29. The Bertz CT molecular complexity index is 540. The molecular formula is C15H18FNO. The van der Waals surface area contributed by atoms with Crippen LogP contribution in [0.25, 0.3) is 11.1 Å². The fraction of sp³-hybridized carbons (Fsp3) is 0.333. The normalized spacial score (nSPS) is 11.2. The summed E-state index contributed by atoms with van der Waals surface area (Å²) in [5.74, 6) is -0.246. The molecule has 3 heteroatoms. The van der Waals surface area contributed by atoms with E-state index in [1.54, 1.807) is 12.1 Å². The fourth-order valence-electron chi connectivity index (χ4n) is 2.28. The summed E-state index contributed by atoms with van der Waals surface area (Å²) in [7, 11) is 0. The molecule has 0 spiro atoms. The molecule has 1 N–H and O–H groups in total. The second-order valence-corrected chi connectivity index (χ2v) is 4.77. The maximum atomic E-state index is 12.9. The van der Waals surface area contributed by atoms with Crippen molar-refractivity contribution in [2.45, 2.75) is 33.4 Å². The van der Waals surface area contributed by atoms with Crippen LogP contribution in [-0.2, 0) is 6.61 Å². The van der Waals surface area contributed by atoms with Gasteiger partial charge in [0.2, 0.25) is 0 Å². The van der Waals surface area contributed by atoms with Crippen molar-refractivity contribution in [1.29, 1.82) is 0 Å². The van der Waals surface area contributed by atoms with Gasteiger partial charge in [0.25, 0.3) is 0 Å². The third-order valence-electron chi connectivity index (χ3n) is 3.29. The van der Waals surface area contributed by atoms with Crippen LogP contribution in [0.15, 0.2) is 30.5 Å². The quantitative estimate of drug-likeness (QED) is 0.879. The molecule has 0 radical (unpaired) electrons. The highest BCUT2D eigenvalue weighted by atomic mass is 19.1. The van der Waals surface area contributed by atoms with E-state index in [4.69, 9.17) is 0 Å². The highest BCUT2D eigenvalue weighted by Gasteiger charge is 2.14. The second-order valence-electron chi connectivity index (χ2n) is 4.77. The van der Waals surface area contributed by atoms with E-state index in [-0.39, 0.29) is 12.4 Å². The van der Waals surface area contributed by atoms with E-state index in [1.165, 1.54) is 12.1 Å². The van der Waals surface area contributed by atoms with Crippen molar-refractivity contribution in [3.8, 4) is 11.1 Å². The van der Waals surface area contributed by atoms with Crippen molar-refractivity contribution in [3.05, 3.63) is 47.5 Å². The van der Waals surface area contributed by atoms with Crippen LogP contribution in [0.1, 0.15) is 31.1 Å². The molecule has 2 nitrogen and oxygen atoms in total. The van der Waals surface area contributed by atoms with Crippen LogP contribution < -0.4 is 0 Å². The number of aliphatic hydroxyl groups is 1. The predicted molar refractivity (Wildman–Crippen MR) is 70.9 cm³/mol. The Hall–Kier alpha value is -1.61. The summed E-state index contributed by atoms with van der Waals surface area (Å²) >= 11 is 0. The van der Waals surface area contributed by atoms with Crippen molar-refractivity contribution in [3.63, 3.8) is 0 Å². The predicted octanol–water partition coefficient (Wildman–Crippen LogP) is 3.68. The Labute approximate surface area is 107 Å². The SMILES string of the molecule is Cc1c(CO)c(-c2ccc(F)cc2)cn1C(C)C. The third kappa shape index (κ3) is 2.18. The average Bonchev–Trinajstić information content (AvgIpc) is 2.67. The molecule has 1 aromatic carbocycles. The number of rotatable bonds is 3. The maximum absolute atomic E-state index is 12.9. The first kappa shape index (κ1) is 12.8. The lowest BCUT2D eigenvalue weighted by molar-refractivity contribution is 0.281. The van der Waals surface area contributed by atoms with Gasteiger partial charge in [-0.25, -0.2) is 4.39 Å². The Morgan fingerprint density at radius 3 is 2.33 bits per heavy atom. The smallest absolute Gasteiger partial charge is 0.123 e. The Morgan fingerprint density at radius 1 is 1.22 bits per heavy atom. The van der Waals surface area contributed by atoms with Gasteiger partial charge in [-0.1, -0.05) is 12.1 Å². The lowest BCUT2D eigenvalue weighted by Gasteiger charge is -2.10. The van der Waals surface area contributed by atoms with Gasteiger partial charge in [-0.15, -0.1) is 0 Å². The van der Waals surface area contributed by atoms with E-state index in [9.17, 15) is 9.50 Å². The lowest BCUT2D eigenvalue weighted by Crippen LogP contribution is -2.01. The number of hydrogen-bond acceptors (Lipinski definition) is 1. The van der Waals surface area contributed by atoms with Crippen molar-refractivity contribution >= 4 is 0 Å². The molecule has 0 amide bonds. The van der Waals surface area contributed by atoms with Crippen LogP contribution in [0.3, 0.4) is 0 Å². The van der Waals surface area contributed by atoms with Gasteiger partial charge in [0.1, 0.15) is 5.82 Å². The van der Waals surface area contributed by atoms with Crippen LogP contribution in [0.5, 0.6) is 0 Å².